The lowest BCUT2D eigenvalue weighted by Crippen LogP contribution is -2.57. The zero-order chi connectivity index (χ0) is 30.3. The van der Waals surface area contributed by atoms with Gasteiger partial charge in [-0.3, -0.25) is 0 Å². The highest BCUT2D eigenvalue weighted by molar-refractivity contribution is 5.89. The summed E-state index contributed by atoms with van der Waals surface area (Å²) in [5, 5.41) is 23.2. The molecular formula is C33H44N4O6. The third-order valence-corrected chi connectivity index (χ3v) is 10.2. The molecule has 4 aliphatic heterocycles. The summed E-state index contributed by atoms with van der Waals surface area (Å²) < 4.78 is 11.3. The zero-order valence-electron chi connectivity index (χ0n) is 25.5. The Morgan fingerprint density at radius 2 is 1.93 bits per heavy atom. The van der Waals surface area contributed by atoms with Gasteiger partial charge in [0, 0.05) is 55.6 Å². The fraction of sp³-hybridized carbons (Fsp3) is 0.606. The third kappa shape index (κ3) is 5.43. The zero-order valence-corrected chi connectivity index (χ0v) is 25.5. The maximum atomic E-state index is 13.1. The SMILES string of the molecule is CCc1c2c(nc3ccc(OC(=O)N4CCC(N5CCCCC5)CC4)cc13)C1=CC([C@H](O)C=O)C(COC)C(C)(O)N1C2. The number of pyridine rings is 1. The lowest BCUT2D eigenvalue weighted by molar-refractivity contribution is -0.157. The van der Waals surface area contributed by atoms with E-state index >= 15 is 0 Å². The molecule has 5 heterocycles. The summed E-state index contributed by atoms with van der Waals surface area (Å²) >= 11 is 0. The Kier molecular flexibility index (Phi) is 8.48. The van der Waals surface area contributed by atoms with E-state index in [1.54, 1.807) is 20.1 Å². The van der Waals surface area contributed by atoms with Crippen molar-refractivity contribution in [2.24, 2.45) is 11.8 Å². The molecule has 1 aromatic carbocycles. The van der Waals surface area contributed by atoms with E-state index in [0.717, 1.165) is 40.6 Å². The van der Waals surface area contributed by atoms with Gasteiger partial charge in [0.05, 0.1) is 23.5 Å². The van der Waals surface area contributed by atoms with Crippen LogP contribution in [-0.4, -0.2) is 100 Å². The molecule has 4 atom stereocenters. The minimum Gasteiger partial charge on any atom is -0.410 e. The largest absolute Gasteiger partial charge is 0.415 e. The molecule has 6 rings (SSSR count). The first-order valence-corrected chi connectivity index (χ1v) is 15.8. The molecule has 10 nitrogen and oxygen atoms in total. The fourth-order valence-corrected chi connectivity index (χ4v) is 7.74. The predicted molar refractivity (Wildman–Crippen MR) is 162 cm³/mol. The first-order valence-electron chi connectivity index (χ1n) is 15.8. The van der Waals surface area contributed by atoms with Crippen molar-refractivity contribution < 1.29 is 29.3 Å². The molecule has 0 bridgehead atoms. The molecule has 0 aliphatic carbocycles. The van der Waals surface area contributed by atoms with Crippen LogP contribution >= 0.6 is 0 Å². The van der Waals surface area contributed by atoms with Crippen molar-refractivity contribution in [1.82, 2.24) is 19.7 Å². The van der Waals surface area contributed by atoms with Gasteiger partial charge in [-0.2, -0.15) is 0 Å². The molecule has 2 aromatic rings. The number of amides is 1. The first kappa shape index (κ1) is 30.0. The van der Waals surface area contributed by atoms with Crippen molar-refractivity contribution in [2.45, 2.75) is 76.8 Å². The van der Waals surface area contributed by atoms with E-state index in [1.165, 1.54) is 32.4 Å². The van der Waals surface area contributed by atoms with E-state index in [-0.39, 0.29) is 12.7 Å². The van der Waals surface area contributed by atoms with Crippen LogP contribution in [0.25, 0.3) is 16.6 Å². The number of aliphatic hydroxyl groups excluding tert-OH is 1. The molecule has 2 N–H and O–H groups in total. The molecule has 1 aromatic heterocycles. The van der Waals surface area contributed by atoms with Gasteiger partial charge in [-0.05, 0) is 75.9 Å². The number of benzene rings is 1. The molecule has 0 saturated carbocycles. The number of aldehydes is 1. The van der Waals surface area contributed by atoms with Gasteiger partial charge in [-0.25, -0.2) is 9.78 Å². The van der Waals surface area contributed by atoms with Crippen molar-refractivity contribution in [3.8, 4) is 5.75 Å². The monoisotopic (exact) mass is 592 g/mol. The maximum absolute atomic E-state index is 13.1. The second-order valence-corrected chi connectivity index (χ2v) is 12.6. The molecule has 4 aliphatic rings. The second-order valence-electron chi connectivity index (χ2n) is 12.6. The van der Waals surface area contributed by atoms with Crippen molar-refractivity contribution in [3.63, 3.8) is 0 Å². The van der Waals surface area contributed by atoms with E-state index in [9.17, 15) is 19.8 Å². The number of hydrogen-bond donors (Lipinski definition) is 2. The van der Waals surface area contributed by atoms with Gasteiger partial charge in [-0.15, -0.1) is 0 Å². The summed E-state index contributed by atoms with van der Waals surface area (Å²) in [7, 11) is 1.55. The molecule has 0 spiro atoms. The number of ether oxygens (including phenoxy) is 2. The van der Waals surface area contributed by atoms with E-state index in [1.807, 2.05) is 28.0 Å². The van der Waals surface area contributed by atoms with Crippen LogP contribution in [0.3, 0.4) is 0 Å². The highest BCUT2D eigenvalue weighted by Crippen LogP contribution is 2.48. The predicted octanol–water partition coefficient (Wildman–Crippen LogP) is 3.56. The van der Waals surface area contributed by atoms with Gasteiger partial charge >= 0.3 is 6.09 Å². The molecule has 3 unspecified atom stereocenters. The van der Waals surface area contributed by atoms with Crippen LogP contribution < -0.4 is 4.74 Å². The van der Waals surface area contributed by atoms with Crippen LogP contribution in [0.4, 0.5) is 4.79 Å². The Hall–Kier alpha value is -3.05. The molecule has 2 fully saturated rings. The van der Waals surface area contributed by atoms with Crippen LogP contribution in [-0.2, 0) is 22.5 Å². The summed E-state index contributed by atoms with van der Waals surface area (Å²) in [6.45, 7) is 8.15. The number of rotatable bonds is 7. The molecule has 2 saturated heterocycles. The number of fused-ring (bicyclic) bond motifs is 4. The average Bonchev–Trinajstić information content (AvgIpc) is 3.40. The van der Waals surface area contributed by atoms with Crippen molar-refractivity contribution in [1.29, 1.82) is 0 Å². The number of piperidine rings is 2. The molecule has 43 heavy (non-hydrogen) atoms. The Morgan fingerprint density at radius 1 is 1.19 bits per heavy atom. The number of nitrogens with zero attached hydrogens (tertiary/aromatic N) is 4. The second kappa shape index (κ2) is 12.1. The minimum atomic E-state index is -1.38. The van der Waals surface area contributed by atoms with Gasteiger partial charge in [0.2, 0.25) is 0 Å². The normalized spacial score (nSPS) is 27.0. The number of aryl methyl sites for hydroxylation is 1. The van der Waals surface area contributed by atoms with Crippen molar-refractivity contribution in [3.05, 3.63) is 41.1 Å². The average molecular weight is 593 g/mol. The summed E-state index contributed by atoms with van der Waals surface area (Å²) in [4.78, 5) is 36.0. The van der Waals surface area contributed by atoms with E-state index in [2.05, 4.69) is 11.8 Å². The van der Waals surface area contributed by atoms with Crippen LogP contribution in [0.15, 0.2) is 24.3 Å². The standard InChI is InChI=1S/C33H44N4O6/c1-4-23-24-16-22(43-32(40)36-14-10-21(11-15-36)35-12-6-5-7-13-35)8-9-28(24)34-31-26(23)18-37-29(31)17-25(30(39)19-38)27(20-42-3)33(37,2)41/h8-9,16-17,19,21,25,27,30,39,41H,4-7,10-15,18,20H2,1-3H3/t25?,27?,30-,33?/m1/s1. The number of carbonyl (C=O) groups excluding carboxylic acids is 2. The van der Waals surface area contributed by atoms with Gasteiger partial charge in [0.1, 0.15) is 23.9 Å². The quantitative estimate of drug-likeness (QED) is 0.466. The summed E-state index contributed by atoms with van der Waals surface area (Å²) in [5.41, 5.74) is 2.88. The molecule has 232 valence electrons. The summed E-state index contributed by atoms with van der Waals surface area (Å²) in [6.07, 6.45) is 7.33. The smallest absolute Gasteiger partial charge is 0.410 e. The van der Waals surface area contributed by atoms with E-state index in [4.69, 9.17) is 14.5 Å². The summed E-state index contributed by atoms with van der Waals surface area (Å²) in [5.74, 6) is -0.659. The molecule has 1 amide bonds. The Labute approximate surface area is 253 Å². The molecule has 10 heteroatoms. The van der Waals surface area contributed by atoms with Crippen LogP contribution in [0.1, 0.15) is 62.8 Å². The van der Waals surface area contributed by atoms with Crippen LogP contribution in [0.5, 0.6) is 5.75 Å². The Morgan fingerprint density at radius 3 is 2.60 bits per heavy atom. The number of hydrogen-bond acceptors (Lipinski definition) is 9. The number of aliphatic hydroxyl groups is 2. The Bertz CT molecular complexity index is 1400. The minimum absolute atomic E-state index is 0.180. The number of carbonyl (C=O) groups is 2. The summed E-state index contributed by atoms with van der Waals surface area (Å²) in [6, 6.07) is 6.11. The van der Waals surface area contributed by atoms with Gasteiger partial charge < -0.3 is 39.2 Å². The third-order valence-electron chi connectivity index (χ3n) is 10.2. The van der Waals surface area contributed by atoms with Gasteiger partial charge in [0.25, 0.3) is 0 Å². The number of methoxy groups -OCH3 is 1. The number of likely N-dealkylation sites (tertiary alicyclic amines) is 2. The first-order chi connectivity index (χ1) is 20.8. The fourth-order valence-electron chi connectivity index (χ4n) is 7.74. The Balaban J connectivity index is 1.25. The maximum Gasteiger partial charge on any atom is 0.415 e. The van der Waals surface area contributed by atoms with Gasteiger partial charge in [0.15, 0.2) is 0 Å². The van der Waals surface area contributed by atoms with Crippen LogP contribution in [0, 0.1) is 11.8 Å². The van der Waals surface area contributed by atoms with Crippen molar-refractivity contribution >= 4 is 29.0 Å². The van der Waals surface area contributed by atoms with E-state index < -0.39 is 23.7 Å². The van der Waals surface area contributed by atoms with Crippen molar-refractivity contribution in [2.75, 3.05) is 39.9 Å². The topological polar surface area (TPSA) is 116 Å². The molecular weight excluding hydrogens is 548 g/mol. The molecule has 0 radical (unpaired) electrons. The highest BCUT2D eigenvalue weighted by Gasteiger charge is 2.51. The van der Waals surface area contributed by atoms with Crippen LogP contribution in [0.2, 0.25) is 0 Å². The van der Waals surface area contributed by atoms with E-state index in [0.29, 0.717) is 49.8 Å². The highest BCUT2D eigenvalue weighted by atomic mass is 16.6. The van der Waals surface area contributed by atoms with Gasteiger partial charge in [-0.1, -0.05) is 19.4 Å². The number of aromatic nitrogens is 1. The lowest BCUT2D eigenvalue weighted by atomic mass is 9.77. The lowest BCUT2D eigenvalue weighted by Gasteiger charge is -2.48.